The van der Waals surface area contributed by atoms with Crippen LogP contribution in [0.3, 0.4) is 0 Å². The molecule has 1 aromatic heterocycles. The van der Waals surface area contributed by atoms with Gasteiger partial charge >= 0.3 is 6.01 Å². The van der Waals surface area contributed by atoms with Gasteiger partial charge in [-0.15, -0.1) is 5.10 Å². The quantitative estimate of drug-likeness (QED) is 0.870. The first-order valence-electron chi connectivity index (χ1n) is 4.60. The summed E-state index contributed by atoms with van der Waals surface area (Å²) in [5.74, 6) is 0.676. The highest BCUT2D eigenvalue weighted by atomic mass is 35.5. The summed E-state index contributed by atoms with van der Waals surface area (Å²) in [5.41, 5.74) is 0.929. The fraction of sp³-hybridized carbons (Fsp3) is 0.200. The van der Waals surface area contributed by atoms with E-state index >= 15 is 0 Å². The second-order valence-corrected chi connectivity index (χ2v) is 3.34. The maximum Gasteiger partial charge on any atom is 0.335 e. The molecule has 1 heterocycles. The molecule has 0 saturated carbocycles. The first-order chi connectivity index (χ1) is 7.29. The highest BCUT2D eigenvalue weighted by molar-refractivity contribution is 6.30. The Hall–Kier alpha value is -1.55. The number of hydrogen-bond acceptors (Lipinski definition) is 3. The third kappa shape index (κ3) is 2.27. The Morgan fingerprint density at radius 2 is 2.07 bits per heavy atom. The largest absolute Gasteiger partial charge is 0.463 e. The fourth-order valence-corrected chi connectivity index (χ4v) is 1.30. The average molecular weight is 224 g/mol. The Morgan fingerprint density at radius 1 is 1.33 bits per heavy atom. The van der Waals surface area contributed by atoms with Crippen LogP contribution in [0.4, 0.5) is 0 Å². The van der Waals surface area contributed by atoms with Gasteiger partial charge in [0.25, 0.3) is 0 Å². The number of H-pyrrole nitrogens is 1. The van der Waals surface area contributed by atoms with E-state index in [-0.39, 0.29) is 0 Å². The molecule has 0 unspecified atom stereocenters. The minimum absolute atomic E-state index is 0.363. The van der Waals surface area contributed by atoms with E-state index < -0.39 is 0 Å². The molecule has 0 aliphatic carbocycles. The van der Waals surface area contributed by atoms with Crippen LogP contribution in [0.5, 0.6) is 6.01 Å². The van der Waals surface area contributed by atoms with Crippen LogP contribution in [0.1, 0.15) is 6.92 Å². The van der Waals surface area contributed by atoms with Crippen molar-refractivity contribution in [1.29, 1.82) is 0 Å². The lowest BCUT2D eigenvalue weighted by Gasteiger charge is -1.95. The Kier molecular flexibility index (Phi) is 2.87. The van der Waals surface area contributed by atoms with E-state index in [1.807, 2.05) is 19.1 Å². The molecule has 0 aliphatic rings. The van der Waals surface area contributed by atoms with Gasteiger partial charge in [-0.3, -0.25) is 5.10 Å². The summed E-state index contributed by atoms with van der Waals surface area (Å²) in [4.78, 5) is 4.17. The van der Waals surface area contributed by atoms with Gasteiger partial charge in [-0.1, -0.05) is 11.6 Å². The van der Waals surface area contributed by atoms with Crippen LogP contribution in [0, 0.1) is 0 Å². The van der Waals surface area contributed by atoms with Gasteiger partial charge in [-0.2, -0.15) is 4.98 Å². The highest BCUT2D eigenvalue weighted by Crippen LogP contribution is 2.19. The zero-order chi connectivity index (χ0) is 10.7. The van der Waals surface area contributed by atoms with Crippen LogP contribution in [0.2, 0.25) is 5.02 Å². The number of aromatic amines is 1. The first kappa shape index (κ1) is 9.98. The predicted molar refractivity (Wildman–Crippen MR) is 58.0 cm³/mol. The van der Waals surface area contributed by atoms with Crippen molar-refractivity contribution < 1.29 is 4.74 Å². The molecule has 0 spiro atoms. The van der Waals surface area contributed by atoms with E-state index in [1.165, 1.54) is 0 Å². The van der Waals surface area contributed by atoms with Crippen LogP contribution >= 0.6 is 11.6 Å². The Bertz CT molecular complexity index is 438. The number of benzene rings is 1. The van der Waals surface area contributed by atoms with Crippen LogP contribution in [-0.2, 0) is 0 Å². The van der Waals surface area contributed by atoms with Gasteiger partial charge < -0.3 is 4.74 Å². The second-order valence-electron chi connectivity index (χ2n) is 2.91. The van der Waals surface area contributed by atoms with E-state index in [9.17, 15) is 0 Å². The molecule has 0 atom stereocenters. The van der Waals surface area contributed by atoms with Gasteiger partial charge in [0.1, 0.15) is 0 Å². The Balaban J connectivity index is 2.25. The molecule has 0 fully saturated rings. The summed E-state index contributed by atoms with van der Waals surface area (Å²) in [6.07, 6.45) is 0. The van der Waals surface area contributed by atoms with E-state index in [2.05, 4.69) is 15.2 Å². The van der Waals surface area contributed by atoms with Crippen molar-refractivity contribution in [2.75, 3.05) is 6.61 Å². The number of halogens is 1. The van der Waals surface area contributed by atoms with Gasteiger partial charge in [-0.25, -0.2) is 0 Å². The molecule has 0 saturated heterocycles. The molecule has 2 aromatic rings. The van der Waals surface area contributed by atoms with Gasteiger partial charge in [-0.05, 0) is 31.2 Å². The number of rotatable bonds is 3. The molecule has 78 valence electrons. The zero-order valence-corrected chi connectivity index (χ0v) is 8.95. The van der Waals surface area contributed by atoms with Crippen LogP contribution in [0.15, 0.2) is 24.3 Å². The SMILES string of the molecule is CCOc1n[nH]c(-c2ccc(Cl)cc2)n1. The highest BCUT2D eigenvalue weighted by Gasteiger charge is 2.05. The maximum atomic E-state index is 5.78. The van der Waals surface area contributed by atoms with Gasteiger partial charge in [0.15, 0.2) is 5.82 Å². The van der Waals surface area contributed by atoms with Crippen LogP contribution in [0.25, 0.3) is 11.4 Å². The molecule has 15 heavy (non-hydrogen) atoms. The van der Waals surface area contributed by atoms with Crippen molar-refractivity contribution >= 4 is 11.6 Å². The van der Waals surface area contributed by atoms with Crippen LogP contribution < -0.4 is 4.74 Å². The van der Waals surface area contributed by atoms with Crippen LogP contribution in [-0.4, -0.2) is 21.8 Å². The molecule has 0 amide bonds. The lowest BCUT2D eigenvalue weighted by Crippen LogP contribution is -1.92. The number of nitrogens with one attached hydrogen (secondary N) is 1. The lowest BCUT2D eigenvalue weighted by molar-refractivity contribution is 0.314. The van der Waals surface area contributed by atoms with Crippen molar-refractivity contribution in [3.05, 3.63) is 29.3 Å². The Labute approximate surface area is 92.3 Å². The molecule has 0 aliphatic heterocycles. The zero-order valence-electron chi connectivity index (χ0n) is 8.20. The topological polar surface area (TPSA) is 50.8 Å². The Morgan fingerprint density at radius 3 is 2.73 bits per heavy atom. The number of ether oxygens (including phenoxy) is 1. The molecule has 0 radical (unpaired) electrons. The molecule has 5 heteroatoms. The lowest BCUT2D eigenvalue weighted by atomic mass is 10.2. The minimum atomic E-state index is 0.363. The second kappa shape index (κ2) is 4.31. The smallest absolute Gasteiger partial charge is 0.335 e. The van der Waals surface area contributed by atoms with Crippen molar-refractivity contribution in [2.24, 2.45) is 0 Å². The third-order valence-electron chi connectivity index (χ3n) is 1.86. The normalized spacial score (nSPS) is 10.3. The monoisotopic (exact) mass is 223 g/mol. The summed E-state index contributed by atoms with van der Waals surface area (Å²) in [7, 11) is 0. The molecular formula is C10H10ClN3O. The van der Waals surface area contributed by atoms with E-state index in [4.69, 9.17) is 16.3 Å². The van der Waals surface area contributed by atoms with E-state index in [0.717, 1.165) is 5.56 Å². The first-order valence-corrected chi connectivity index (χ1v) is 4.98. The van der Waals surface area contributed by atoms with Gasteiger partial charge in [0, 0.05) is 10.6 Å². The summed E-state index contributed by atoms with van der Waals surface area (Å²) in [5, 5.41) is 7.41. The van der Waals surface area contributed by atoms with Crippen molar-refractivity contribution in [3.63, 3.8) is 0 Å². The molecule has 0 bridgehead atoms. The molecular weight excluding hydrogens is 214 g/mol. The molecule has 4 nitrogen and oxygen atoms in total. The van der Waals surface area contributed by atoms with Gasteiger partial charge in [0.2, 0.25) is 0 Å². The maximum absolute atomic E-state index is 5.78. The summed E-state index contributed by atoms with van der Waals surface area (Å²) in [6, 6.07) is 7.72. The number of aromatic nitrogens is 3. The van der Waals surface area contributed by atoms with E-state index in [0.29, 0.717) is 23.5 Å². The van der Waals surface area contributed by atoms with Crippen molar-refractivity contribution in [1.82, 2.24) is 15.2 Å². The van der Waals surface area contributed by atoms with Crippen molar-refractivity contribution in [3.8, 4) is 17.4 Å². The minimum Gasteiger partial charge on any atom is -0.463 e. The number of hydrogen-bond donors (Lipinski definition) is 1. The summed E-state index contributed by atoms with van der Waals surface area (Å²) in [6.45, 7) is 2.44. The van der Waals surface area contributed by atoms with E-state index in [1.54, 1.807) is 12.1 Å². The number of nitrogens with zero attached hydrogens (tertiary/aromatic N) is 2. The summed E-state index contributed by atoms with van der Waals surface area (Å²) < 4.78 is 5.15. The van der Waals surface area contributed by atoms with Crippen molar-refractivity contribution in [2.45, 2.75) is 6.92 Å². The fourth-order valence-electron chi connectivity index (χ4n) is 1.18. The molecule has 2 rings (SSSR count). The average Bonchev–Trinajstić information content (AvgIpc) is 2.68. The summed E-state index contributed by atoms with van der Waals surface area (Å²) >= 11 is 5.78. The third-order valence-corrected chi connectivity index (χ3v) is 2.11. The standard InChI is InChI=1S/C10H10ClN3O/c1-2-15-10-12-9(13-14-10)7-3-5-8(11)6-4-7/h3-6H,2H2,1H3,(H,12,13,14). The molecule has 1 N–H and O–H groups in total. The van der Waals surface area contributed by atoms with Gasteiger partial charge in [0.05, 0.1) is 6.61 Å². The molecule has 1 aromatic carbocycles. The predicted octanol–water partition coefficient (Wildman–Crippen LogP) is 2.52.